The third kappa shape index (κ3) is 3.79. The highest BCUT2D eigenvalue weighted by Gasteiger charge is 2.18. The second-order valence-electron chi connectivity index (χ2n) is 6.54. The number of amides is 1. The van der Waals surface area contributed by atoms with Crippen LogP contribution in [0.1, 0.15) is 40.5 Å². The van der Waals surface area contributed by atoms with Crippen LogP contribution in [0, 0.1) is 11.7 Å². The first-order chi connectivity index (χ1) is 12.5. The quantitative estimate of drug-likeness (QED) is 0.692. The van der Waals surface area contributed by atoms with Gasteiger partial charge < -0.3 is 9.72 Å². The van der Waals surface area contributed by atoms with Crippen molar-refractivity contribution in [3.63, 3.8) is 0 Å². The lowest BCUT2D eigenvalue weighted by Gasteiger charge is -2.03. The van der Waals surface area contributed by atoms with Crippen molar-refractivity contribution in [2.75, 3.05) is 6.54 Å². The number of hydrogen-bond acceptors (Lipinski definition) is 3. The Hall–Kier alpha value is -3.02. The normalized spacial score (nSPS) is 11.1. The summed E-state index contributed by atoms with van der Waals surface area (Å²) >= 11 is 0. The molecular weight excluding hydrogens is 333 g/mol. The van der Waals surface area contributed by atoms with E-state index in [9.17, 15) is 14.0 Å². The molecule has 1 N–H and O–H groups in total. The zero-order valence-corrected chi connectivity index (χ0v) is 14.7. The molecule has 3 rings (SSSR count). The molecule has 6 heteroatoms. The van der Waals surface area contributed by atoms with Gasteiger partial charge in [-0.25, -0.2) is 9.37 Å². The van der Waals surface area contributed by atoms with Crippen molar-refractivity contribution in [2.45, 2.75) is 20.3 Å². The molecule has 2 aromatic heterocycles. The molecule has 1 aromatic carbocycles. The van der Waals surface area contributed by atoms with E-state index in [1.165, 1.54) is 24.3 Å². The van der Waals surface area contributed by atoms with Crippen molar-refractivity contribution in [1.29, 1.82) is 0 Å². The average molecular weight is 353 g/mol. The number of ketones is 1. The van der Waals surface area contributed by atoms with E-state index < -0.39 is 11.7 Å². The van der Waals surface area contributed by atoms with Crippen LogP contribution in [0.2, 0.25) is 0 Å². The van der Waals surface area contributed by atoms with Crippen molar-refractivity contribution in [2.24, 2.45) is 5.92 Å². The molecule has 134 valence electrons. The highest BCUT2D eigenvalue weighted by Crippen LogP contribution is 2.16. The van der Waals surface area contributed by atoms with Gasteiger partial charge in [-0.3, -0.25) is 9.59 Å². The molecule has 2 heterocycles. The molecule has 0 aliphatic carbocycles. The van der Waals surface area contributed by atoms with Crippen LogP contribution < -0.4 is 5.32 Å². The summed E-state index contributed by atoms with van der Waals surface area (Å²) in [6, 6.07) is 10.8. The van der Waals surface area contributed by atoms with E-state index in [1.807, 2.05) is 28.8 Å². The van der Waals surface area contributed by atoms with Gasteiger partial charge in [0.2, 0.25) is 0 Å². The Balaban J connectivity index is 1.77. The number of nitrogens with zero attached hydrogens (tertiary/aromatic N) is 2. The van der Waals surface area contributed by atoms with Gasteiger partial charge in [-0.05, 0) is 42.3 Å². The first-order valence-electron chi connectivity index (χ1n) is 8.48. The van der Waals surface area contributed by atoms with Gasteiger partial charge in [0.15, 0.2) is 11.5 Å². The molecule has 0 unspecified atom stereocenters. The number of Topliss-reactive ketones (excluding diaryl/α,β-unsaturated/α-hetero) is 1. The Labute approximate surface area is 150 Å². The number of aromatic nitrogens is 2. The molecule has 0 saturated heterocycles. The maximum absolute atomic E-state index is 12.9. The Bertz CT molecular complexity index is 945. The number of fused-ring (bicyclic) bond motifs is 1. The van der Waals surface area contributed by atoms with E-state index in [0.717, 1.165) is 12.2 Å². The largest absolute Gasteiger partial charge is 0.343 e. The fourth-order valence-corrected chi connectivity index (χ4v) is 2.76. The lowest BCUT2D eigenvalue weighted by Crippen LogP contribution is -2.30. The Morgan fingerprint density at radius 3 is 2.58 bits per heavy atom. The summed E-state index contributed by atoms with van der Waals surface area (Å²) in [5.41, 5.74) is 1.35. The molecule has 1 amide bonds. The molecule has 0 aliphatic rings. The van der Waals surface area contributed by atoms with Crippen molar-refractivity contribution in [3.8, 4) is 0 Å². The van der Waals surface area contributed by atoms with Crippen LogP contribution in [-0.2, 0) is 6.42 Å². The van der Waals surface area contributed by atoms with Crippen LogP contribution in [0.15, 0.2) is 48.7 Å². The lowest BCUT2D eigenvalue weighted by molar-refractivity contribution is 0.0902. The summed E-state index contributed by atoms with van der Waals surface area (Å²) in [5, 5.41) is 2.61. The molecule has 5 nitrogen and oxygen atoms in total. The molecule has 26 heavy (non-hydrogen) atoms. The van der Waals surface area contributed by atoms with Crippen LogP contribution in [0.4, 0.5) is 4.39 Å². The zero-order chi connectivity index (χ0) is 18.7. The van der Waals surface area contributed by atoms with Crippen LogP contribution in [0.25, 0.3) is 5.52 Å². The summed E-state index contributed by atoms with van der Waals surface area (Å²) in [5.74, 6) is 0.110. The molecule has 0 spiro atoms. The number of rotatable bonds is 6. The topological polar surface area (TPSA) is 63.5 Å². The molecule has 0 saturated carbocycles. The molecule has 3 aromatic rings. The van der Waals surface area contributed by atoms with Crippen molar-refractivity contribution < 1.29 is 14.0 Å². The van der Waals surface area contributed by atoms with E-state index >= 15 is 0 Å². The minimum atomic E-state index is -0.409. The standard InChI is InChI=1S/C20H20FN3O2/c1-13(2)11-18-23-19(16-5-3-4-10-24(16)18)20(26)22-12-17(25)14-6-8-15(21)9-7-14/h3-10,13H,11-12H2,1-2H3,(H,22,26). The Morgan fingerprint density at radius 2 is 1.88 bits per heavy atom. The SMILES string of the molecule is CC(C)Cc1nc(C(=O)NCC(=O)c2ccc(F)cc2)c2ccccn12. The van der Waals surface area contributed by atoms with Crippen molar-refractivity contribution in [1.82, 2.24) is 14.7 Å². The van der Waals surface area contributed by atoms with Crippen LogP contribution in [0.3, 0.4) is 0 Å². The highest BCUT2D eigenvalue weighted by molar-refractivity contribution is 6.04. The molecule has 0 bridgehead atoms. The second kappa shape index (κ2) is 7.47. The maximum Gasteiger partial charge on any atom is 0.272 e. The van der Waals surface area contributed by atoms with Crippen molar-refractivity contribution in [3.05, 3.63) is 71.6 Å². The zero-order valence-electron chi connectivity index (χ0n) is 14.7. The highest BCUT2D eigenvalue weighted by atomic mass is 19.1. The van der Waals surface area contributed by atoms with E-state index in [2.05, 4.69) is 24.1 Å². The lowest BCUT2D eigenvalue weighted by atomic mass is 10.1. The number of pyridine rings is 1. The van der Waals surface area contributed by atoms with Gasteiger partial charge in [0.1, 0.15) is 11.6 Å². The molecule has 0 radical (unpaired) electrons. The minimum Gasteiger partial charge on any atom is -0.343 e. The number of nitrogens with one attached hydrogen (secondary N) is 1. The number of hydrogen-bond donors (Lipinski definition) is 1. The van der Waals surface area contributed by atoms with E-state index in [-0.39, 0.29) is 12.3 Å². The predicted molar refractivity (Wildman–Crippen MR) is 96.8 cm³/mol. The first-order valence-corrected chi connectivity index (χ1v) is 8.48. The van der Waals surface area contributed by atoms with Gasteiger partial charge in [0.25, 0.3) is 5.91 Å². The van der Waals surface area contributed by atoms with Crippen molar-refractivity contribution >= 4 is 17.2 Å². The molecule has 0 fully saturated rings. The van der Waals surface area contributed by atoms with Crippen LogP contribution >= 0.6 is 0 Å². The van der Waals surface area contributed by atoms with Gasteiger partial charge in [0, 0.05) is 18.2 Å². The fourth-order valence-electron chi connectivity index (χ4n) is 2.76. The number of benzene rings is 1. The molecule has 0 aliphatic heterocycles. The van der Waals surface area contributed by atoms with Gasteiger partial charge in [0.05, 0.1) is 12.1 Å². The Kier molecular flexibility index (Phi) is 5.11. The summed E-state index contributed by atoms with van der Waals surface area (Å²) in [4.78, 5) is 29.2. The smallest absolute Gasteiger partial charge is 0.272 e. The van der Waals surface area contributed by atoms with Gasteiger partial charge >= 0.3 is 0 Å². The van der Waals surface area contributed by atoms with E-state index in [4.69, 9.17) is 0 Å². The average Bonchev–Trinajstić information content (AvgIpc) is 2.98. The third-order valence-corrected chi connectivity index (χ3v) is 4.00. The monoisotopic (exact) mass is 353 g/mol. The third-order valence-electron chi connectivity index (χ3n) is 4.00. The van der Waals surface area contributed by atoms with Gasteiger partial charge in [-0.1, -0.05) is 19.9 Å². The van der Waals surface area contributed by atoms with Gasteiger partial charge in [-0.15, -0.1) is 0 Å². The molecular formula is C20H20FN3O2. The van der Waals surface area contributed by atoms with E-state index in [1.54, 1.807) is 0 Å². The Morgan fingerprint density at radius 1 is 1.15 bits per heavy atom. The molecule has 0 atom stereocenters. The van der Waals surface area contributed by atoms with Gasteiger partial charge in [-0.2, -0.15) is 0 Å². The van der Waals surface area contributed by atoms with Crippen LogP contribution in [0.5, 0.6) is 0 Å². The summed E-state index contributed by atoms with van der Waals surface area (Å²) in [6.45, 7) is 4.01. The maximum atomic E-state index is 12.9. The number of imidazole rings is 1. The number of carbonyl (C=O) groups is 2. The fraction of sp³-hybridized carbons (Fsp3) is 0.250. The first kappa shape index (κ1) is 17.8. The number of carbonyl (C=O) groups excluding carboxylic acids is 2. The summed E-state index contributed by atoms with van der Waals surface area (Å²) in [7, 11) is 0. The summed E-state index contributed by atoms with van der Waals surface area (Å²) < 4.78 is 14.8. The van der Waals surface area contributed by atoms with E-state index in [0.29, 0.717) is 22.7 Å². The second-order valence-corrected chi connectivity index (χ2v) is 6.54. The minimum absolute atomic E-state index is 0.171. The number of halogens is 1. The summed E-state index contributed by atoms with van der Waals surface area (Å²) in [6.07, 6.45) is 2.62. The predicted octanol–water partition coefficient (Wildman–Crippen LogP) is 3.28. The van der Waals surface area contributed by atoms with Crippen LogP contribution in [-0.4, -0.2) is 27.6 Å².